The molecule has 1 aromatic carbocycles. The second kappa shape index (κ2) is 11.2. The van der Waals surface area contributed by atoms with Crippen molar-refractivity contribution in [1.29, 1.82) is 0 Å². The summed E-state index contributed by atoms with van der Waals surface area (Å²) in [5.74, 6) is -2.96. The lowest BCUT2D eigenvalue weighted by atomic mass is 9.78. The lowest BCUT2D eigenvalue weighted by molar-refractivity contribution is -0.145. The molecule has 3 N–H and O–H groups in total. The Balaban J connectivity index is 1.58. The molecule has 3 heterocycles. The Bertz CT molecular complexity index is 1490. The van der Waals surface area contributed by atoms with Crippen molar-refractivity contribution in [3.63, 3.8) is 0 Å². The zero-order chi connectivity index (χ0) is 29.4. The molecule has 1 aliphatic heterocycles. The Kier molecular flexibility index (Phi) is 8.21. The van der Waals surface area contributed by atoms with E-state index in [9.17, 15) is 45.2 Å². The third-order valence-electron chi connectivity index (χ3n) is 6.33. The topological polar surface area (TPSA) is 146 Å². The number of benzene rings is 1. The van der Waals surface area contributed by atoms with Gasteiger partial charge in [-0.05, 0) is 42.8 Å². The molecule has 212 valence electrons. The summed E-state index contributed by atoms with van der Waals surface area (Å²) in [5, 5.41) is 21.9. The molecule has 40 heavy (non-hydrogen) atoms. The molecule has 3 atom stereocenters. The van der Waals surface area contributed by atoms with E-state index < -0.39 is 72.1 Å². The summed E-state index contributed by atoms with van der Waals surface area (Å²) in [6.07, 6.45) is -4.15. The Labute approximate surface area is 225 Å². The highest BCUT2D eigenvalue weighted by Gasteiger charge is 2.49. The van der Waals surface area contributed by atoms with Crippen LogP contribution in [0.3, 0.4) is 0 Å². The van der Waals surface area contributed by atoms with E-state index in [2.05, 4.69) is 20.3 Å². The number of amides is 1. The summed E-state index contributed by atoms with van der Waals surface area (Å²) < 4.78 is 93.5. The highest BCUT2D eigenvalue weighted by molar-refractivity contribution is 7.89. The number of nitrogens with zero attached hydrogens (tertiary/aromatic N) is 4. The molecule has 2 aromatic heterocycles. The third-order valence-corrected chi connectivity index (χ3v) is 8.34. The molecule has 3 aromatic rings. The number of carbonyl (C=O) groups excluding carboxylic acids is 1. The standard InChI is InChI=1S/C23H21BF5N5O5S/c1-12-18(26)7-20(34(12)40(38,39)16-4-2-15(25)3-5-16)21(35)31-8-13-6-19(30-11-17(13)24(36)37)14-9-32-22(33-10-14)23(27,28)29/h2-6,9-12,18,20,36-37H,7-8H2,1H3,(H,31,35)/t12-,18+,20-/m0/s1. The van der Waals surface area contributed by atoms with Gasteiger partial charge in [-0.25, -0.2) is 27.2 Å². The fourth-order valence-corrected chi connectivity index (χ4v) is 6.06. The first-order valence-electron chi connectivity index (χ1n) is 11.7. The van der Waals surface area contributed by atoms with Gasteiger partial charge in [0.15, 0.2) is 0 Å². The normalized spacial score (nSPS) is 19.9. The molecule has 10 nitrogen and oxygen atoms in total. The molecule has 0 aliphatic carbocycles. The largest absolute Gasteiger partial charge is 0.490 e. The minimum Gasteiger partial charge on any atom is -0.423 e. The maximum Gasteiger partial charge on any atom is 0.490 e. The number of carbonyl (C=O) groups is 1. The zero-order valence-electron chi connectivity index (χ0n) is 20.5. The number of rotatable bonds is 7. The number of nitrogens with one attached hydrogen (secondary N) is 1. The predicted octanol–water partition coefficient (Wildman–Crippen LogP) is 1.18. The predicted molar refractivity (Wildman–Crippen MR) is 130 cm³/mol. The minimum absolute atomic E-state index is 0.0428. The second-order valence-electron chi connectivity index (χ2n) is 8.95. The van der Waals surface area contributed by atoms with Gasteiger partial charge < -0.3 is 15.4 Å². The quantitative estimate of drug-likeness (QED) is 0.277. The molecular formula is C23H21BF5N5O5S. The Morgan fingerprint density at radius 1 is 1.12 bits per heavy atom. The number of hydrogen-bond donors (Lipinski definition) is 3. The molecule has 1 amide bonds. The van der Waals surface area contributed by atoms with E-state index in [-0.39, 0.29) is 27.2 Å². The number of hydrogen-bond acceptors (Lipinski definition) is 8. The number of sulfonamides is 1. The SMILES string of the molecule is C[C@H]1[C@H](F)C[C@@H](C(=O)NCc2cc(-c3cnc(C(F)(F)F)nc3)ncc2B(O)O)N1S(=O)(=O)c1ccc(F)cc1. The van der Waals surface area contributed by atoms with Crippen molar-refractivity contribution in [2.45, 2.75) is 49.2 Å². The highest BCUT2D eigenvalue weighted by Crippen LogP contribution is 2.33. The van der Waals surface area contributed by atoms with Gasteiger partial charge in [0.05, 0.1) is 16.6 Å². The van der Waals surface area contributed by atoms with E-state index in [1.54, 1.807) is 0 Å². The first-order valence-corrected chi connectivity index (χ1v) is 13.1. The molecule has 0 radical (unpaired) electrons. The zero-order valence-corrected chi connectivity index (χ0v) is 21.4. The van der Waals surface area contributed by atoms with Gasteiger partial charge in [0, 0.05) is 42.6 Å². The Morgan fingerprint density at radius 3 is 2.33 bits per heavy atom. The molecule has 4 rings (SSSR count). The molecule has 1 saturated heterocycles. The van der Waals surface area contributed by atoms with Gasteiger partial charge in [0.1, 0.15) is 18.0 Å². The maximum absolute atomic E-state index is 14.7. The number of alkyl halides is 4. The monoisotopic (exact) mass is 585 g/mol. The van der Waals surface area contributed by atoms with Gasteiger partial charge in [-0.15, -0.1) is 0 Å². The molecule has 17 heteroatoms. The van der Waals surface area contributed by atoms with Crippen LogP contribution in [-0.2, 0) is 27.5 Å². The van der Waals surface area contributed by atoms with Crippen LogP contribution >= 0.6 is 0 Å². The van der Waals surface area contributed by atoms with Gasteiger partial charge in [-0.2, -0.15) is 17.5 Å². The van der Waals surface area contributed by atoms with Gasteiger partial charge >= 0.3 is 13.3 Å². The van der Waals surface area contributed by atoms with E-state index >= 15 is 0 Å². The molecule has 0 spiro atoms. The number of aromatic nitrogens is 3. The van der Waals surface area contributed by atoms with Crippen molar-refractivity contribution in [3.05, 3.63) is 66.1 Å². The lowest BCUT2D eigenvalue weighted by Crippen LogP contribution is -2.48. The van der Waals surface area contributed by atoms with E-state index in [1.165, 1.54) is 13.0 Å². The van der Waals surface area contributed by atoms with Crippen molar-refractivity contribution in [2.24, 2.45) is 0 Å². The van der Waals surface area contributed by atoms with Gasteiger partial charge in [0.2, 0.25) is 21.8 Å². The third kappa shape index (κ3) is 5.96. The number of pyridine rings is 1. The van der Waals surface area contributed by atoms with E-state index in [4.69, 9.17) is 0 Å². The van der Waals surface area contributed by atoms with Crippen molar-refractivity contribution in [3.8, 4) is 11.3 Å². The average molecular weight is 585 g/mol. The summed E-state index contributed by atoms with van der Waals surface area (Å²) >= 11 is 0. The van der Waals surface area contributed by atoms with Crippen LogP contribution in [0.15, 0.2) is 53.8 Å². The minimum atomic E-state index is -4.76. The first kappa shape index (κ1) is 29.4. The fraction of sp³-hybridized carbons (Fsp3) is 0.304. The summed E-state index contributed by atoms with van der Waals surface area (Å²) in [7, 11) is -6.46. The average Bonchev–Trinajstić information content (AvgIpc) is 3.21. The van der Waals surface area contributed by atoms with Crippen LogP contribution in [0.2, 0.25) is 0 Å². The van der Waals surface area contributed by atoms with Crippen molar-refractivity contribution in [1.82, 2.24) is 24.6 Å². The van der Waals surface area contributed by atoms with Crippen LogP contribution in [0.5, 0.6) is 0 Å². The second-order valence-corrected chi connectivity index (χ2v) is 10.8. The summed E-state index contributed by atoms with van der Waals surface area (Å²) in [5.41, 5.74) is 0.0158. The van der Waals surface area contributed by atoms with Crippen molar-refractivity contribution < 1.29 is 45.2 Å². The summed E-state index contributed by atoms with van der Waals surface area (Å²) in [4.78, 5) is 23.2. The highest BCUT2D eigenvalue weighted by atomic mass is 32.2. The maximum atomic E-state index is 14.7. The van der Waals surface area contributed by atoms with E-state index in [0.717, 1.165) is 42.9 Å². The molecule has 0 unspecified atom stereocenters. The van der Waals surface area contributed by atoms with Crippen LogP contribution in [-0.4, -0.2) is 69.0 Å². The summed E-state index contributed by atoms with van der Waals surface area (Å²) in [6, 6.07) is 2.38. The first-order chi connectivity index (χ1) is 18.7. The molecule has 1 fully saturated rings. The van der Waals surface area contributed by atoms with E-state index in [0.29, 0.717) is 4.31 Å². The van der Waals surface area contributed by atoms with Crippen LogP contribution in [0, 0.1) is 5.82 Å². The van der Waals surface area contributed by atoms with Crippen LogP contribution in [0.4, 0.5) is 22.0 Å². The van der Waals surface area contributed by atoms with Gasteiger partial charge in [-0.3, -0.25) is 9.78 Å². The van der Waals surface area contributed by atoms with Crippen molar-refractivity contribution in [2.75, 3.05) is 0 Å². The Hall–Kier alpha value is -3.54. The van der Waals surface area contributed by atoms with Crippen LogP contribution in [0.25, 0.3) is 11.3 Å². The van der Waals surface area contributed by atoms with Gasteiger partial charge in [0.25, 0.3) is 0 Å². The smallest absolute Gasteiger partial charge is 0.423 e. The van der Waals surface area contributed by atoms with E-state index in [1.807, 2.05) is 0 Å². The molecule has 0 bridgehead atoms. The molecular weight excluding hydrogens is 564 g/mol. The van der Waals surface area contributed by atoms with Crippen molar-refractivity contribution >= 4 is 28.5 Å². The number of halogens is 5. The lowest BCUT2D eigenvalue weighted by Gasteiger charge is -2.27. The Morgan fingerprint density at radius 2 is 1.75 bits per heavy atom. The summed E-state index contributed by atoms with van der Waals surface area (Å²) in [6.45, 7) is 0.885. The fourth-order valence-electron chi connectivity index (χ4n) is 4.25. The molecule has 0 saturated carbocycles. The molecule has 1 aliphatic rings. The van der Waals surface area contributed by atoms with Gasteiger partial charge in [-0.1, -0.05) is 0 Å². The van der Waals surface area contributed by atoms with Crippen LogP contribution < -0.4 is 10.8 Å². The van der Waals surface area contributed by atoms with Crippen LogP contribution in [0.1, 0.15) is 24.7 Å².